The van der Waals surface area contributed by atoms with Crippen LogP contribution in [0, 0.1) is 35.0 Å². The summed E-state index contributed by atoms with van der Waals surface area (Å²) in [6.45, 7) is 3.53. The van der Waals surface area contributed by atoms with E-state index in [0.717, 1.165) is 19.3 Å². The molecule has 0 saturated heterocycles. The Morgan fingerprint density at radius 3 is 2.75 bits per heavy atom. The summed E-state index contributed by atoms with van der Waals surface area (Å²) >= 11 is 0. The van der Waals surface area contributed by atoms with Gasteiger partial charge in [-0.15, -0.1) is 0 Å². The van der Waals surface area contributed by atoms with Gasteiger partial charge in [0.2, 0.25) is 0 Å². The standard InChI is InChI=1S/C21H31FO2/c1-13(23)18-5-6-19-17-4-3-14-11-21(24,12-22)10-8-15(14)16(17)7-9-20(18,19)2/h3,15-19,24H,4-12H2,1-2H3. The largest absolute Gasteiger partial charge is 0.387 e. The second kappa shape index (κ2) is 5.65. The number of halogens is 1. The van der Waals surface area contributed by atoms with Gasteiger partial charge in [0, 0.05) is 5.92 Å². The average Bonchev–Trinajstić information content (AvgIpc) is 2.91. The Morgan fingerprint density at radius 1 is 1.25 bits per heavy atom. The first-order valence-corrected chi connectivity index (χ1v) is 9.86. The molecule has 24 heavy (non-hydrogen) atoms. The highest BCUT2D eigenvalue weighted by atomic mass is 19.1. The summed E-state index contributed by atoms with van der Waals surface area (Å²) in [7, 11) is 0. The lowest BCUT2D eigenvalue weighted by Crippen LogP contribution is -2.48. The number of allylic oxidation sites excluding steroid dienone is 1. The summed E-state index contributed by atoms with van der Waals surface area (Å²) in [4.78, 5) is 12.1. The lowest BCUT2D eigenvalue weighted by molar-refractivity contribution is -0.126. The molecule has 3 saturated carbocycles. The van der Waals surface area contributed by atoms with Crippen LogP contribution in [0.3, 0.4) is 0 Å². The SMILES string of the molecule is CC(=O)C1CCC2C3CC=C4CC(O)(CF)CCC4C3CCC12C. The van der Waals surface area contributed by atoms with Crippen molar-refractivity contribution in [2.75, 3.05) is 6.67 Å². The smallest absolute Gasteiger partial charge is 0.133 e. The fourth-order valence-electron chi connectivity index (χ4n) is 7.15. The van der Waals surface area contributed by atoms with E-state index in [1.54, 1.807) is 6.92 Å². The molecular formula is C21H31FO2. The minimum atomic E-state index is -1.11. The van der Waals surface area contributed by atoms with Crippen molar-refractivity contribution in [2.24, 2.45) is 35.0 Å². The number of aliphatic hydroxyl groups is 1. The van der Waals surface area contributed by atoms with Gasteiger partial charge in [0.25, 0.3) is 0 Å². The van der Waals surface area contributed by atoms with E-state index in [9.17, 15) is 14.3 Å². The van der Waals surface area contributed by atoms with Crippen LogP contribution in [0.25, 0.3) is 0 Å². The Bertz CT molecular complexity index is 570. The molecule has 0 radical (unpaired) electrons. The molecule has 0 aliphatic heterocycles. The van der Waals surface area contributed by atoms with Crippen LogP contribution >= 0.6 is 0 Å². The van der Waals surface area contributed by atoms with E-state index in [1.807, 2.05) is 0 Å². The second-order valence-electron chi connectivity index (χ2n) is 9.41. The van der Waals surface area contributed by atoms with Crippen LogP contribution in [0.5, 0.6) is 0 Å². The van der Waals surface area contributed by atoms with Gasteiger partial charge in [0.15, 0.2) is 0 Å². The van der Waals surface area contributed by atoms with E-state index in [2.05, 4.69) is 13.0 Å². The van der Waals surface area contributed by atoms with Gasteiger partial charge >= 0.3 is 0 Å². The van der Waals surface area contributed by atoms with E-state index in [4.69, 9.17) is 0 Å². The number of carbonyl (C=O) groups is 1. The van der Waals surface area contributed by atoms with Crippen LogP contribution in [-0.4, -0.2) is 23.2 Å². The van der Waals surface area contributed by atoms with Crippen molar-refractivity contribution in [2.45, 2.75) is 70.8 Å². The average molecular weight is 334 g/mol. The van der Waals surface area contributed by atoms with Crippen LogP contribution in [0.4, 0.5) is 4.39 Å². The molecule has 0 heterocycles. The number of alkyl halides is 1. The maximum absolute atomic E-state index is 13.2. The predicted molar refractivity (Wildman–Crippen MR) is 92.2 cm³/mol. The van der Waals surface area contributed by atoms with Crippen LogP contribution in [0.15, 0.2) is 11.6 Å². The number of fused-ring (bicyclic) bond motifs is 5. The fraction of sp³-hybridized carbons (Fsp3) is 0.857. The number of Topliss-reactive ketones (excluding diaryl/α,β-unsaturated/α-hetero) is 1. The lowest BCUT2D eigenvalue weighted by Gasteiger charge is -2.54. The summed E-state index contributed by atoms with van der Waals surface area (Å²) < 4.78 is 13.2. The first-order chi connectivity index (χ1) is 11.4. The molecule has 3 heteroatoms. The van der Waals surface area contributed by atoms with Crippen molar-refractivity contribution < 1.29 is 14.3 Å². The number of carbonyl (C=O) groups excluding carboxylic acids is 1. The zero-order chi connectivity index (χ0) is 17.1. The van der Waals surface area contributed by atoms with E-state index < -0.39 is 12.3 Å². The molecule has 4 aliphatic carbocycles. The Balaban J connectivity index is 1.59. The molecule has 3 fully saturated rings. The van der Waals surface area contributed by atoms with Gasteiger partial charge in [0.1, 0.15) is 12.5 Å². The van der Waals surface area contributed by atoms with Gasteiger partial charge in [-0.05, 0) is 87.4 Å². The maximum atomic E-state index is 13.2. The maximum Gasteiger partial charge on any atom is 0.133 e. The normalized spacial score (nSPS) is 50.5. The highest BCUT2D eigenvalue weighted by Gasteiger charge is 2.57. The number of rotatable bonds is 2. The topological polar surface area (TPSA) is 37.3 Å². The van der Waals surface area contributed by atoms with Crippen molar-refractivity contribution in [1.29, 1.82) is 0 Å². The Hall–Kier alpha value is -0.700. The van der Waals surface area contributed by atoms with Crippen molar-refractivity contribution >= 4 is 5.78 Å². The third-order valence-electron chi connectivity index (χ3n) is 8.33. The summed E-state index contributed by atoms with van der Waals surface area (Å²) in [5.74, 6) is 3.26. The monoisotopic (exact) mass is 334 g/mol. The van der Waals surface area contributed by atoms with E-state index in [1.165, 1.54) is 24.8 Å². The van der Waals surface area contributed by atoms with Crippen LogP contribution in [-0.2, 0) is 4.79 Å². The summed E-state index contributed by atoms with van der Waals surface area (Å²) in [6.07, 6.45) is 10.1. The molecule has 7 unspecified atom stereocenters. The molecule has 134 valence electrons. The van der Waals surface area contributed by atoms with Crippen LogP contribution < -0.4 is 0 Å². The highest BCUT2D eigenvalue weighted by Crippen LogP contribution is 2.63. The first kappa shape index (κ1) is 16.8. The molecule has 7 atom stereocenters. The third-order valence-corrected chi connectivity index (χ3v) is 8.33. The van der Waals surface area contributed by atoms with Gasteiger partial charge in [-0.2, -0.15) is 0 Å². The van der Waals surface area contributed by atoms with Crippen LogP contribution in [0.1, 0.15) is 65.2 Å². The van der Waals surface area contributed by atoms with E-state index in [0.29, 0.717) is 42.3 Å². The minimum Gasteiger partial charge on any atom is -0.387 e. The molecule has 2 nitrogen and oxygen atoms in total. The van der Waals surface area contributed by atoms with Crippen molar-refractivity contribution in [3.63, 3.8) is 0 Å². The molecule has 0 aromatic heterocycles. The number of ketones is 1. The third kappa shape index (κ3) is 2.34. The van der Waals surface area contributed by atoms with Crippen LogP contribution in [0.2, 0.25) is 0 Å². The van der Waals surface area contributed by atoms with Gasteiger partial charge in [-0.25, -0.2) is 4.39 Å². The first-order valence-electron chi connectivity index (χ1n) is 9.86. The van der Waals surface area contributed by atoms with Crippen molar-refractivity contribution in [3.8, 4) is 0 Å². The predicted octanol–water partition coefficient (Wildman–Crippen LogP) is 4.46. The molecule has 0 amide bonds. The fourth-order valence-corrected chi connectivity index (χ4v) is 7.15. The molecular weight excluding hydrogens is 303 g/mol. The molecule has 4 aliphatic rings. The Labute approximate surface area is 144 Å². The van der Waals surface area contributed by atoms with E-state index >= 15 is 0 Å². The molecule has 1 N–H and O–H groups in total. The van der Waals surface area contributed by atoms with Gasteiger partial charge in [0.05, 0.1) is 5.60 Å². The Kier molecular flexibility index (Phi) is 3.95. The quantitative estimate of drug-likeness (QED) is 0.757. The van der Waals surface area contributed by atoms with Gasteiger partial charge < -0.3 is 5.11 Å². The van der Waals surface area contributed by atoms with E-state index in [-0.39, 0.29) is 11.3 Å². The molecule has 0 aromatic rings. The highest BCUT2D eigenvalue weighted by molar-refractivity contribution is 5.79. The van der Waals surface area contributed by atoms with Crippen molar-refractivity contribution in [3.05, 3.63) is 11.6 Å². The zero-order valence-electron chi connectivity index (χ0n) is 15.1. The molecule has 0 aromatic carbocycles. The zero-order valence-corrected chi connectivity index (χ0v) is 15.1. The molecule has 0 bridgehead atoms. The second-order valence-corrected chi connectivity index (χ2v) is 9.41. The lowest BCUT2D eigenvalue weighted by atomic mass is 9.51. The van der Waals surface area contributed by atoms with Crippen molar-refractivity contribution in [1.82, 2.24) is 0 Å². The van der Waals surface area contributed by atoms with Gasteiger partial charge in [-0.3, -0.25) is 4.79 Å². The Morgan fingerprint density at radius 2 is 2.04 bits per heavy atom. The number of hydrogen-bond donors (Lipinski definition) is 1. The summed E-state index contributed by atoms with van der Waals surface area (Å²) in [5, 5.41) is 10.3. The molecule has 0 spiro atoms. The van der Waals surface area contributed by atoms with Gasteiger partial charge in [-0.1, -0.05) is 18.6 Å². The molecule has 4 rings (SSSR count). The number of hydrogen-bond acceptors (Lipinski definition) is 2. The summed E-state index contributed by atoms with van der Waals surface area (Å²) in [5.41, 5.74) is 0.422. The minimum absolute atomic E-state index is 0.201. The summed E-state index contributed by atoms with van der Waals surface area (Å²) in [6, 6.07) is 0.